The number of esters is 1. The van der Waals surface area contributed by atoms with E-state index < -0.39 is 16.8 Å². The molecule has 0 heterocycles. The molecule has 0 fully saturated rings. The van der Waals surface area contributed by atoms with Crippen LogP contribution in [0, 0.1) is 13.8 Å². The van der Waals surface area contributed by atoms with E-state index in [1.807, 2.05) is 44.2 Å². The van der Waals surface area contributed by atoms with Gasteiger partial charge in [-0.05, 0) is 37.1 Å². The Morgan fingerprint density at radius 3 is 2.52 bits per heavy atom. The van der Waals surface area contributed by atoms with Crippen molar-refractivity contribution in [2.24, 2.45) is 0 Å². The summed E-state index contributed by atoms with van der Waals surface area (Å²) in [5.41, 5.74) is 3.35. The Morgan fingerprint density at radius 2 is 1.86 bits per heavy atom. The highest BCUT2D eigenvalue weighted by Crippen LogP contribution is 2.20. The number of methoxy groups -OCH3 is 1. The smallest absolute Gasteiger partial charge is 0.338 e. The van der Waals surface area contributed by atoms with E-state index in [1.54, 1.807) is 12.1 Å². The molecule has 0 amide bonds. The minimum atomic E-state index is -1.19. The molecule has 0 aliphatic heterocycles. The van der Waals surface area contributed by atoms with Gasteiger partial charge in [-0.25, -0.2) is 4.79 Å². The largest absolute Gasteiger partial charge is 0.465 e. The van der Waals surface area contributed by atoms with Crippen molar-refractivity contribution in [2.45, 2.75) is 24.5 Å². The van der Waals surface area contributed by atoms with Crippen molar-refractivity contribution in [3.05, 3.63) is 64.7 Å². The Morgan fingerprint density at radius 1 is 1.14 bits per heavy atom. The zero-order valence-electron chi connectivity index (χ0n) is 12.4. The van der Waals surface area contributed by atoms with Gasteiger partial charge in [0.2, 0.25) is 0 Å². The molecule has 2 rings (SSSR count). The zero-order chi connectivity index (χ0) is 15.4. The third-order valence-corrected chi connectivity index (χ3v) is 4.81. The first-order chi connectivity index (χ1) is 10.0. The van der Waals surface area contributed by atoms with Gasteiger partial charge in [0.1, 0.15) is 0 Å². The van der Waals surface area contributed by atoms with Crippen molar-refractivity contribution >= 4 is 16.8 Å². The van der Waals surface area contributed by atoms with Crippen LogP contribution in [0.5, 0.6) is 0 Å². The van der Waals surface area contributed by atoms with Crippen LogP contribution in [-0.4, -0.2) is 17.3 Å². The molecule has 0 aliphatic carbocycles. The highest BCUT2D eigenvalue weighted by atomic mass is 32.2. The lowest BCUT2D eigenvalue weighted by Gasteiger charge is -2.10. The molecule has 0 saturated heterocycles. The maximum Gasteiger partial charge on any atom is 0.338 e. The van der Waals surface area contributed by atoms with Gasteiger partial charge in [-0.3, -0.25) is 4.21 Å². The number of hydrogen-bond donors (Lipinski definition) is 0. The first-order valence-electron chi connectivity index (χ1n) is 6.64. The molecular weight excluding hydrogens is 284 g/mol. The number of hydrogen-bond acceptors (Lipinski definition) is 3. The second kappa shape index (κ2) is 6.68. The van der Waals surface area contributed by atoms with Gasteiger partial charge < -0.3 is 4.74 Å². The van der Waals surface area contributed by atoms with Crippen LogP contribution in [0.4, 0.5) is 0 Å². The lowest BCUT2D eigenvalue weighted by Crippen LogP contribution is -2.08. The second-order valence-corrected chi connectivity index (χ2v) is 6.33. The van der Waals surface area contributed by atoms with E-state index in [0.29, 0.717) is 11.3 Å². The lowest BCUT2D eigenvalue weighted by molar-refractivity contribution is 0.0600. The Balaban J connectivity index is 2.30. The Hall–Kier alpha value is -1.94. The number of benzene rings is 2. The van der Waals surface area contributed by atoms with Crippen LogP contribution in [-0.2, 0) is 21.3 Å². The maximum absolute atomic E-state index is 12.6. The van der Waals surface area contributed by atoms with Crippen molar-refractivity contribution in [3.63, 3.8) is 0 Å². The van der Waals surface area contributed by atoms with Crippen molar-refractivity contribution in [1.82, 2.24) is 0 Å². The molecule has 0 N–H and O–H groups in total. The van der Waals surface area contributed by atoms with Gasteiger partial charge in [0, 0.05) is 4.90 Å². The predicted molar refractivity (Wildman–Crippen MR) is 83.8 cm³/mol. The maximum atomic E-state index is 12.6. The van der Waals surface area contributed by atoms with E-state index in [0.717, 1.165) is 21.6 Å². The van der Waals surface area contributed by atoms with E-state index in [1.165, 1.54) is 7.11 Å². The van der Waals surface area contributed by atoms with Gasteiger partial charge in [-0.15, -0.1) is 0 Å². The third kappa shape index (κ3) is 3.58. The normalized spacial score (nSPS) is 12.0. The number of carbonyl (C=O) groups excluding carboxylic acids is 1. The summed E-state index contributed by atoms with van der Waals surface area (Å²) in [6, 6.07) is 13.0. The van der Waals surface area contributed by atoms with Crippen LogP contribution in [0.2, 0.25) is 0 Å². The van der Waals surface area contributed by atoms with Gasteiger partial charge in [-0.1, -0.05) is 35.9 Å². The van der Waals surface area contributed by atoms with Crippen LogP contribution < -0.4 is 0 Å². The molecule has 1 unspecified atom stereocenters. The summed E-state index contributed by atoms with van der Waals surface area (Å²) in [6.45, 7) is 3.96. The molecule has 21 heavy (non-hydrogen) atoms. The van der Waals surface area contributed by atoms with Crippen molar-refractivity contribution in [3.8, 4) is 0 Å². The third-order valence-electron chi connectivity index (χ3n) is 3.28. The molecule has 3 nitrogen and oxygen atoms in total. The highest BCUT2D eigenvalue weighted by Gasteiger charge is 2.15. The second-order valence-electron chi connectivity index (χ2n) is 4.91. The summed E-state index contributed by atoms with van der Waals surface area (Å²) in [6.07, 6.45) is 0. The molecule has 0 aromatic heterocycles. The molecule has 2 aromatic carbocycles. The Bertz CT molecular complexity index is 692. The highest BCUT2D eigenvalue weighted by molar-refractivity contribution is 7.84. The molecule has 1 atom stereocenters. The molecule has 0 aliphatic rings. The molecule has 0 saturated carbocycles. The standard InChI is InChI=1S/C17H18O3S/c1-12-8-9-16(13(2)10-12)21(19)11-14-6-4-5-7-15(14)17(18)20-3/h4-10H,11H2,1-3H3. The van der Waals surface area contributed by atoms with Gasteiger partial charge in [0.25, 0.3) is 0 Å². The van der Waals surface area contributed by atoms with Crippen molar-refractivity contribution < 1.29 is 13.7 Å². The Kier molecular flexibility index (Phi) is 4.91. The number of carbonyl (C=O) groups is 1. The van der Waals surface area contributed by atoms with Crippen LogP contribution in [0.25, 0.3) is 0 Å². The van der Waals surface area contributed by atoms with Gasteiger partial charge in [-0.2, -0.15) is 0 Å². The minimum Gasteiger partial charge on any atom is -0.465 e. The summed E-state index contributed by atoms with van der Waals surface area (Å²) >= 11 is 0. The fourth-order valence-electron chi connectivity index (χ4n) is 2.23. The molecule has 2 aromatic rings. The molecule has 110 valence electrons. The number of aryl methyl sites for hydroxylation is 2. The summed E-state index contributed by atoms with van der Waals surface area (Å²) < 4.78 is 17.3. The van der Waals surface area contributed by atoms with Crippen molar-refractivity contribution in [1.29, 1.82) is 0 Å². The summed E-state index contributed by atoms with van der Waals surface area (Å²) in [5.74, 6) is -0.0990. The van der Waals surface area contributed by atoms with Gasteiger partial charge in [0.15, 0.2) is 0 Å². The fraction of sp³-hybridized carbons (Fsp3) is 0.235. The van der Waals surface area contributed by atoms with Crippen LogP contribution in [0.1, 0.15) is 27.0 Å². The first-order valence-corrected chi connectivity index (χ1v) is 7.96. The number of rotatable bonds is 4. The van der Waals surface area contributed by atoms with E-state index >= 15 is 0 Å². The molecule has 0 spiro atoms. The first kappa shape index (κ1) is 15.4. The van der Waals surface area contributed by atoms with Crippen molar-refractivity contribution in [2.75, 3.05) is 7.11 Å². The minimum absolute atomic E-state index is 0.301. The van der Waals surface area contributed by atoms with Gasteiger partial charge in [0.05, 0.1) is 29.2 Å². The lowest BCUT2D eigenvalue weighted by atomic mass is 10.1. The summed E-state index contributed by atoms with van der Waals surface area (Å²) in [4.78, 5) is 12.5. The Labute approximate surface area is 127 Å². The average molecular weight is 302 g/mol. The summed E-state index contributed by atoms with van der Waals surface area (Å²) in [7, 11) is 0.157. The molecule has 0 radical (unpaired) electrons. The summed E-state index contributed by atoms with van der Waals surface area (Å²) in [5, 5.41) is 0. The topological polar surface area (TPSA) is 43.4 Å². The number of ether oxygens (including phenoxy) is 1. The SMILES string of the molecule is COC(=O)c1ccccc1CS(=O)c1ccc(C)cc1C. The van der Waals surface area contributed by atoms with E-state index in [-0.39, 0.29) is 0 Å². The predicted octanol–water partition coefficient (Wildman–Crippen LogP) is 3.40. The molecule has 0 bridgehead atoms. The van der Waals surface area contributed by atoms with E-state index in [4.69, 9.17) is 4.74 Å². The average Bonchev–Trinajstić information content (AvgIpc) is 2.46. The van der Waals surface area contributed by atoms with E-state index in [2.05, 4.69) is 0 Å². The zero-order valence-corrected chi connectivity index (χ0v) is 13.2. The quantitative estimate of drug-likeness (QED) is 0.813. The van der Waals surface area contributed by atoms with Crippen LogP contribution >= 0.6 is 0 Å². The van der Waals surface area contributed by atoms with E-state index in [9.17, 15) is 9.00 Å². The molecular formula is C17H18O3S. The fourth-order valence-corrected chi connectivity index (χ4v) is 3.56. The monoisotopic (exact) mass is 302 g/mol. The molecule has 4 heteroatoms. The van der Waals surface area contributed by atoms with Gasteiger partial charge >= 0.3 is 5.97 Å². The van der Waals surface area contributed by atoms with Crippen LogP contribution in [0.15, 0.2) is 47.4 Å². The van der Waals surface area contributed by atoms with Crippen LogP contribution in [0.3, 0.4) is 0 Å².